The summed E-state index contributed by atoms with van der Waals surface area (Å²) < 4.78 is 0. The minimum Gasteiger partial charge on any atom is -0.388 e. The molecule has 0 aliphatic heterocycles. The van der Waals surface area contributed by atoms with E-state index in [1.165, 1.54) is 25.7 Å². The van der Waals surface area contributed by atoms with Gasteiger partial charge in [0.05, 0.1) is 6.10 Å². The van der Waals surface area contributed by atoms with E-state index >= 15 is 0 Å². The van der Waals surface area contributed by atoms with Crippen molar-refractivity contribution in [2.45, 2.75) is 31.8 Å². The lowest BCUT2D eigenvalue weighted by Gasteiger charge is -2.26. The summed E-state index contributed by atoms with van der Waals surface area (Å²) in [4.78, 5) is 0. The summed E-state index contributed by atoms with van der Waals surface area (Å²) >= 11 is 1.69. The number of aliphatic hydroxyl groups is 1. The summed E-state index contributed by atoms with van der Waals surface area (Å²) in [6.45, 7) is 0. The summed E-state index contributed by atoms with van der Waals surface area (Å²) in [5, 5.41) is 14.4. The third-order valence-corrected chi connectivity index (χ3v) is 4.78. The van der Waals surface area contributed by atoms with Gasteiger partial charge in [-0.05, 0) is 59.4 Å². The monoisotopic (exact) mass is 208 g/mol. The predicted molar refractivity (Wildman–Crippen MR) is 58.2 cm³/mol. The van der Waals surface area contributed by atoms with Gasteiger partial charge < -0.3 is 5.11 Å². The molecule has 0 amide bonds. The normalized spacial score (nSPS) is 37.6. The van der Waals surface area contributed by atoms with Crippen LogP contribution >= 0.6 is 11.3 Å². The van der Waals surface area contributed by atoms with Crippen LogP contribution in [0.3, 0.4) is 0 Å². The molecule has 2 aliphatic rings. The second-order valence-electron chi connectivity index (χ2n) is 4.84. The van der Waals surface area contributed by atoms with Crippen LogP contribution in [-0.2, 0) is 0 Å². The smallest absolute Gasteiger partial charge is 0.0828 e. The highest BCUT2D eigenvalue weighted by Gasteiger charge is 2.42. The Hall–Kier alpha value is -0.340. The minimum absolute atomic E-state index is 0.184. The van der Waals surface area contributed by atoms with Crippen molar-refractivity contribution in [3.63, 3.8) is 0 Å². The number of thiophene rings is 1. The fraction of sp³-hybridized carbons (Fsp3) is 0.667. The van der Waals surface area contributed by atoms with E-state index in [0.29, 0.717) is 5.92 Å². The van der Waals surface area contributed by atoms with Crippen LogP contribution in [0.1, 0.15) is 37.4 Å². The molecule has 2 bridgehead atoms. The molecule has 1 aromatic heterocycles. The van der Waals surface area contributed by atoms with Crippen molar-refractivity contribution in [1.29, 1.82) is 0 Å². The van der Waals surface area contributed by atoms with Gasteiger partial charge in [0.25, 0.3) is 0 Å². The molecule has 2 aliphatic carbocycles. The van der Waals surface area contributed by atoms with E-state index in [2.05, 4.69) is 16.8 Å². The van der Waals surface area contributed by atoms with Crippen molar-refractivity contribution in [2.75, 3.05) is 0 Å². The first-order valence-corrected chi connectivity index (χ1v) is 6.49. The van der Waals surface area contributed by atoms with Crippen LogP contribution in [0.5, 0.6) is 0 Å². The zero-order valence-electron chi connectivity index (χ0n) is 8.23. The molecule has 3 rings (SSSR count). The molecule has 2 heteroatoms. The third kappa shape index (κ3) is 1.32. The summed E-state index contributed by atoms with van der Waals surface area (Å²) in [5.74, 6) is 2.30. The first-order chi connectivity index (χ1) is 6.84. The number of hydrogen-bond acceptors (Lipinski definition) is 2. The van der Waals surface area contributed by atoms with Crippen LogP contribution in [0.25, 0.3) is 0 Å². The second-order valence-corrected chi connectivity index (χ2v) is 5.62. The zero-order chi connectivity index (χ0) is 9.54. The van der Waals surface area contributed by atoms with Gasteiger partial charge in [-0.25, -0.2) is 0 Å². The molecule has 76 valence electrons. The number of fused-ring (bicyclic) bond motifs is 2. The van der Waals surface area contributed by atoms with E-state index in [-0.39, 0.29) is 6.10 Å². The van der Waals surface area contributed by atoms with Crippen molar-refractivity contribution in [3.05, 3.63) is 22.4 Å². The molecular formula is C12H16OS. The van der Waals surface area contributed by atoms with Crippen LogP contribution in [0.2, 0.25) is 0 Å². The summed E-state index contributed by atoms with van der Waals surface area (Å²) in [7, 11) is 0. The quantitative estimate of drug-likeness (QED) is 0.791. The number of aliphatic hydroxyl groups excluding tert-OH is 1. The van der Waals surface area contributed by atoms with Gasteiger partial charge in [-0.15, -0.1) is 0 Å². The maximum atomic E-state index is 10.2. The lowest BCUT2D eigenvalue weighted by molar-refractivity contribution is 0.0749. The molecule has 1 heterocycles. The van der Waals surface area contributed by atoms with Gasteiger partial charge in [0.15, 0.2) is 0 Å². The SMILES string of the molecule is OC(c1ccsc1)C1CC2CCC1C2. The van der Waals surface area contributed by atoms with Crippen LogP contribution < -0.4 is 0 Å². The lowest BCUT2D eigenvalue weighted by atomic mass is 9.83. The molecule has 0 spiro atoms. The molecule has 0 saturated heterocycles. The van der Waals surface area contributed by atoms with Gasteiger partial charge in [-0.3, -0.25) is 0 Å². The molecular weight excluding hydrogens is 192 g/mol. The fourth-order valence-electron chi connectivity index (χ4n) is 3.37. The molecule has 1 N–H and O–H groups in total. The van der Waals surface area contributed by atoms with Crippen molar-refractivity contribution in [3.8, 4) is 0 Å². The Balaban J connectivity index is 1.77. The van der Waals surface area contributed by atoms with E-state index in [4.69, 9.17) is 0 Å². The van der Waals surface area contributed by atoms with Gasteiger partial charge in [0.2, 0.25) is 0 Å². The molecule has 0 aromatic carbocycles. The van der Waals surface area contributed by atoms with Crippen molar-refractivity contribution in [1.82, 2.24) is 0 Å². The highest BCUT2D eigenvalue weighted by atomic mass is 32.1. The van der Waals surface area contributed by atoms with Crippen molar-refractivity contribution in [2.24, 2.45) is 17.8 Å². The standard InChI is InChI=1S/C12H16OS/c13-12(10-3-4-14-7-10)11-6-8-1-2-9(11)5-8/h3-4,7-9,11-13H,1-2,5-6H2. The third-order valence-electron chi connectivity index (χ3n) is 4.08. The average molecular weight is 208 g/mol. The Labute approximate surface area is 88.8 Å². The van der Waals surface area contributed by atoms with E-state index in [1.807, 2.05) is 0 Å². The second kappa shape index (κ2) is 3.35. The van der Waals surface area contributed by atoms with Crippen LogP contribution in [0.15, 0.2) is 16.8 Å². The fourth-order valence-corrected chi connectivity index (χ4v) is 4.06. The number of rotatable bonds is 2. The molecule has 1 aromatic rings. The van der Waals surface area contributed by atoms with E-state index in [0.717, 1.165) is 17.4 Å². The zero-order valence-corrected chi connectivity index (χ0v) is 9.04. The molecule has 1 nitrogen and oxygen atoms in total. The Morgan fingerprint density at radius 1 is 1.36 bits per heavy atom. The van der Waals surface area contributed by atoms with E-state index < -0.39 is 0 Å². The summed E-state index contributed by atoms with van der Waals surface area (Å²) in [6, 6.07) is 2.07. The average Bonchev–Trinajstić information content (AvgIpc) is 2.93. The summed E-state index contributed by atoms with van der Waals surface area (Å²) in [6.07, 6.45) is 5.23. The van der Waals surface area contributed by atoms with Crippen molar-refractivity contribution >= 4 is 11.3 Å². The lowest BCUT2D eigenvalue weighted by Crippen LogP contribution is -2.18. The Morgan fingerprint density at radius 2 is 2.29 bits per heavy atom. The van der Waals surface area contributed by atoms with Gasteiger partial charge in [0.1, 0.15) is 0 Å². The van der Waals surface area contributed by atoms with Gasteiger partial charge in [0, 0.05) is 0 Å². The van der Waals surface area contributed by atoms with Gasteiger partial charge in [-0.2, -0.15) is 11.3 Å². The molecule has 2 fully saturated rings. The number of hydrogen-bond donors (Lipinski definition) is 1. The van der Waals surface area contributed by atoms with Crippen LogP contribution in [-0.4, -0.2) is 5.11 Å². The maximum absolute atomic E-state index is 10.2. The summed E-state index contributed by atoms with van der Waals surface area (Å²) in [5.41, 5.74) is 1.15. The highest BCUT2D eigenvalue weighted by Crippen LogP contribution is 2.52. The molecule has 4 atom stereocenters. The molecule has 4 unspecified atom stereocenters. The maximum Gasteiger partial charge on any atom is 0.0828 e. The van der Waals surface area contributed by atoms with Crippen LogP contribution in [0.4, 0.5) is 0 Å². The van der Waals surface area contributed by atoms with Gasteiger partial charge >= 0.3 is 0 Å². The topological polar surface area (TPSA) is 20.2 Å². The van der Waals surface area contributed by atoms with E-state index in [9.17, 15) is 5.11 Å². The molecule has 2 saturated carbocycles. The first-order valence-electron chi connectivity index (χ1n) is 5.55. The van der Waals surface area contributed by atoms with E-state index in [1.54, 1.807) is 11.3 Å². The predicted octanol–water partition coefficient (Wildman–Crippen LogP) is 3.22. The Bertz CT molecular complexity index is 306. The molecule has 0 radical (unpaired) electrons. The Morgan fingerprint density at radius 3 is 2.86 bits per heavy atom. The highest BCUT2D eigenvalue weighted by molar-refractivity contribution is 7.07. The molecule has 14 heavy (non-hydrogen) atoms. The largest absolute Gasteiger partial charge is 0.388 e. The minimum atomic E-state index is -0.184. The van der Waals surface area contributed by atoms with Gasteiger partial charge in [-0.1, -0.05) is 6.42 Å². The van der Waals surface area contributed by atoms with Crippen molar-refractivity contribution < 1.29 is 5.11 Å². The van der Waals surface area contributed by atoms with Crippen LogP contribution in [0, 0.1) is 17.8 Å². The Kier molecular flexibility index (Phi) is 2.14. The first kappa shape index (κ1) is 8.93.